The van der Waals surface area contributed by atoms with Crippen LogP contribution in [0.3, 0.4) is 0 Å². The Kier molecular flexibility index (Phi) is 9.30. The quantitative estimate of drug-likeness (QED) is 0.413. The number of sulfonamides is 1. The van der Waals surface area contributed by atoms with E-state index in [9.17, 15) is 18.0 Å². The van der Waals surface area contributed by atoms with E-state index in [0.717, 1.165) is 15.4 Å². The lowest BCUT2D eigenvalue weighted by Crippen LogP contribution is -2.51. The molecule has 37 heavy (non-hydrogen) atoms. The van der Waals surface area contributed by atoms with Crippen molar-refractivity contribution in [1.29, 1.82) is 0 Å². The third kappa shape index (κ3) is 6.48. The fourth-order valence-corrected chi connectivity index (χ4v) is 5.47. The number of anilines is 1. The number of hydrogen-bond acceptors (Lipinski definition) is 5. The minimum atomic E-state index is -4.12. The summed E-state index contributed by atoms with van der Waals surface area (Å²) < 4.78 is 33.8. The van der Waals surface area contributed by atoms with E-state index in [1.54, 1.807) is 42.5 Å². The molecule has 0 heterocycles. The highest BCUT2D eigenvalue weighted by Crippen LogP contribution is 2.26. The normalized spacial score (nSPS) is 11.9. The third-order valence-electron chi connectivity index (χ3n) is 6.20. The molecule has 3 aromatic rings. The van der Waals surface area contributed by atoms with E-state index in [4.69, 9.17) is 4.74 Å². The Balaban J connectivity index is 2.04. The van der Waals surface area contributed by atoms with E-state index in [2.05, 4.69) is 5.32 Å². The zero-order valence-corrected chi connectivity index (χ0v) is 22.4. The van der Waals surface area contributed by atoms with E-state index in [1.165, 1.54) is 31.2 Å². The number of hydrogen-bond donors (Lipinski definition) is 1. The van der Waals surface area contributed by atoms with Gasteiger partial charge in [0.05, 0.1) is 17.7 Å². The van der Waals surface area contributed by atoms with Crippen LogP contribution in [0.1, 0.15) is 24.5 Å². The summed E-state index contributed by atoms with van der Waals surface area (Å²) in [5, 5.41) is 2.63. The molecular weight excluding hydrogens is 490 g/mol. The molecule has 0 fully saturated rings. The number of nitrogens with zero attached hydrogens (tertiary/aromatic N) is 2. The van der Waals surface area contributed by atoms with Gasteiger partial charge in [-0.15, -0.1) is 0 Å². The van der Waals surface area contributed by atoms with Crippen LogP contribution in [0.5, 0.6) is 5.75 Å². The second-order valence-electron chi connectivity index (χ2n) is 8.51. The Bertz CT molecular complexity index is 1310. The molecule has 196 valence electrons. The number of likely N-dealkylation sites (N-methyl/N-ethyl adjacent to an activating group) is 1. The summed E-state index contributed by atoms with van der Waals surface area (Å²) in [4.78, 5) is 28.1. The zero-order valence-electron chi connectivity index (χ0n) is 21.5. The molecule has 3 aromatic carbocycles. The van der Waals surface area contributed by atoms with Gasteiger partial charge in [0, 0.05) is 13.6 Å². The van der Waals surface area contributed by atoms with E-state index in [1.807, 2.05) is 38.1 Å². The summed E-state index contributed by atoms with van der Waals surface area (Å²) in [5.41, 5.74) is 2.19. The summed E-state index contributed by atoms with van der Waals surface area (Å²) in [6.45, 7) is 3.45. The predicted molar refractivity (Wildman–Crippen MR) is 144 cm³/mol. The number of amides is 2. The van der Waals surface area contributed by atoms with Crippen molar-refractivity contribution in [2.45, 2.75) is 37.8 Å². The van der Waals surface area contributed by atoms with Crippen LogP contribution in [0.25, 0.3) is 0 Å². The van der Waals surface area contributed by atoms with Crippen molar-refractivity contribution >= 4 is 27.5 Å². The molecular formula is C28H33N3O5S. The molecule has 1 N–H and O–H groups in total. The van der Waals surface area contributed by atoms with Crippen molar-refractivity contribution in [2.24, 2.45) is 0 Å². The summed E-state index contributed by atoms with van der Waals surface area (Å²) in [6.07, 6.45) is 0.369. The van der Waals surface area contributed by atoms with Gasteiger partial charge in [-0.2, -0.15) is 0 Å². The number of aryl methyl sites for hydroxylation is 1. The lowest BCUT2D eigenvalue weighted by molar-refractivity contribution is -0.140. The molecule has 0 aliphatic carbocycles. The first-order valence-electron chi connectivity index (χ1n) is 12.0. The van der Waals surface area contributed by atoms with Crippen molar-refractivity contribution in [3.05, 3.63) is 90.0 Å². The highest BCUT2D eigenvalue weighted by molar-refractivity contribution is 7.92. The fraction of sp³-hybridized carbons (Fsp3) is 0.286. The molecule has 0 spiro atoms. The maximum atomic E-state index is 13.9. The number of rotatable bonds is 11. The van der Waals surface area contributed by atoms with Crippen molar-refractivity contribution in [3.63, 3.8) is 0 Å². The van der Waals surface area contributed by atoms with Crippen LogP contribution in [0.15, 0.2) is 83.8 Å². The Morgan fingerprint density at radius 1 is 0.946 bits per heavy atom. The first-order chi connectivity index (χ1) is 17.7. The molecule has 2 amide bonds. The lowest BCUT2D eigenvalue weighted by atomic mass is 10.1. The molecule has 0 bridgehead atoms. The Hall–Kier alpha value is -3.85. The maximum absolute atomic E-state index is 13.9. The van der Waals surface area contributed by atoms with Gasteiger partial charge in [-0.3, -0.25) is 13.9 Å². The molecule has 8 nitrogen and oxygen atoms in total. The second-order valence-corrected chi connectivity index (χ2v) is 10.4. The number of benzene rings is 3. The molecule has 0 aliphatic heterocycles. The van der Waals surface area contributed by atoms with E-state index in [-0.39, 0.29) is 17.3 Å². The number of para-hydroxylation sites is 1. The van der Waals surface area contributed by atoms with Gasteiger partial charge in [0.25, 0.3) is 10.0 Å². The molecule has 3 rings (SSSR count). The van der Waals surface area contributed by atoms with Gasteiger partial charge in [-0.1, -0.05) is 49.4 Å². The SMILES string of the molecule is CC[C@@H](C(=O)NC)N(Cc1ccccc1C)C(=O)CN(c1ccccc1)S(=O)(=O)c1ccc(OC)cc1. The van der Waals surface area contributed by atoms with Gasteiger partial charge < -0.3 is 15.0 Å². The van der Waals surface area contributed by atoms with Crippen LogP contribution in [-0.4, -0.2) is 51.9 Å². The van der Waals surface area contributed by atoms with Crippen LogP contribution in [0.2, 0.25) is 0 Å². The fourth-order valence-electron chi connectivity index (χ4n) is 4.06. The summed E-state index contributed by atoms with van der Waals surface area (Å²) in [5.74, 6) is -0.282. The van der Waals surface area contributed by atoms with Crippen LogP contribution < -0.4 is 14.4 Å². The minimum Gasteiger partial charge on any atom is -0.497 e. The van der Waals surface area contributed by atoms with Crippen molar-refractivity contribution in [1.82, 2.24) is 10.2 Å². The molecule has 1 atom stereocenters. The predicted octanol–water partition coefficient (Wildman–Crippen LogP) is 3.75. The van der Waals surface area contributed by atoms with Gasteiger partial charge in [0.1, 0.15) is 18.3 Å². The molecule has 9 heteroatoms. The Labute approximate surface area is 218 Å². The smallest absolute Gasteiger partial charge is 0.264 e. The Morgan fingerprint density at radius 2 is 1.57 bits per heavy atom. The highest BCUT2D eigenvalue weighted by atomic mass is 32.2. The monoisotopic (exact) mass is 523 g/mol. The van der Waals surface area contributed by atoms with Crippen molar-refractivity contribution in [3.8, 4) is 5.75 Å². The van der Waals surface area contributed by atoms with Gasteiger partial charge >= 0.3 is 0 Å². The van der Waals surface area contributed by atoms with E-state index in [0.29, 0.717) is 17.9 Å². The van der Waals surface area contributed by atoms with E-state index < -0.39 is 28.5 Å². The zero-order chi connectivity index (χ0) is 27.0. The molecule has 0 unspecified atom stereocenters. The van der Waals surface area contributed by atoms with Gasteiger partial charge in [-0.05, 0) is 60.9 Å². The van der Waals surface area contributed by atoms with Crippen LogP contribution >= 0.6 is 0 Å². The largest absolute Gasteiger partial charge is 0.497 e. The first kappa shape index (κ1) is 27.7. The van der Waals surface area contributed by atoms with Gasteiger partial charge in [-0.25, -0.2) is 8.42 Å². The minimum absolute atomic E-state index is 0.0220. The molecule has 0 saturated carbocycles. The average molecular weight is 524 g/mol. The van der Waals surface area contributed by atoms with E-state index >= 15 is 0 Å². The standard InChI is InChI=1S/C28H33N3O5S/c1-5-26(28(33)29-3)30(19-22-12-10-9-11-21(22)2)27(32)20-31(23-13-7-6-8-14-23)37(34,35)25-17-15-24(36-4)16-18-25/h6-18,26H,5,19-20H2,1-4H3,(H,29,33)/t26-/m0/s1. The topological polar surface area (TPSA) is 96.0 Å². The summed E-state index contributed by atoms with van der Waals surface area (Å²) in [6, 6.07) is 21.3. The second kappa shape index (κ2) is 12.4. The van der Waals surface area contributed by atoms with Gasteiger partial charge in [0.15, 0.2) is 0 Å². The highest BCUT2D eigenvalue weighted by Gasteiger charge is 2.33. The number of ether oxygens (including phenoxy) is 1. The molecule has 0 radical (unpaired) electrons. The molecule has 0 aromatic heterocycles. The lowest BCUT2D eigenvalue weighted by Gasteiger charge is -2.33. The van der Waals surface area contributed by atoms with Crippen LogP contribution in [0.4, 0.5) is 5.69 Å². The number of carbonyl (C=O) groups excluding carboxylic acids is 2. The third-order valence-corrected chi connectivity index (χ3v) is 7.99. The molecule has 0 aliphatic rings. The Morgan fingerprint density at radius 3 is 2.14 bits per heavy atom. The van der Waals surface area contributed by atoms with Crippen molar-refractivity contribution < 1.29 is 22.7 Å². The number of nitrogens with one attached hydrogen (secondary N) is 1. The average Bonchev–Trinajstić information content (AvgIpc) is 2.92. The number of methoxy groups -OCH3 is 1. The summed E-state index contributed by atoms with van der Waals surface area (Å²) in [7, 11) is -1.10. The molecule has 0 saturated heterocycles. The van der Waals surface area contributed by atoms with Crippen LogP contribution in [0, 0.1) is 6.92 Å². The van der Waals surface area contributed by atoms with Gasteiger partial charge in [0.2, 0.25) is 11.8 Å². The first-order valence-corrected chi connectivity index (χ1v) is 13.4. The maximum Gasteiger partial charge on any atom is 0.264 e. The summed E-state index contributed by atoms with van der Waals surface area (Å²) >= 11 is 0. The van der Waals surface area contributed by atoms with Crippen molar-refractivity contribution in [2.75, 3.05) is 25.0 Å². The van der Waals surface area contributed by atoms with Crippen LogP contribution in [-0.2, 0) is 26.2 Å². The number of carbonyl (C=O) groups is 2.